The van der Waals surface area contributed by atoms with E-state index in [4.69, 9.17) is 15.2 Å². The highest BCUT2D eigenvalue weighted by molar-refractivity contribution is 6.03. The van der Waals surface area contributed by atoms with Gasteiger partial charge in [0.1, 0.15) is 11.5 Å². The van der Waals surface area contributed by atoms with Gasteiger partial charge in [0.2, 0.25) is 5.91 Å². The van der Waals surface area contributed by atoms with Crippen LogP contribution in [0.15, 0.2) is 33.9 Å². The first-order chi connectivity index (χ1) is 12.3. The molecule has 9 nitrogen and oxygen atoms in total. The number of carbonyl (C=O) groups is 1. The second-order valence-electron chi connectivity index (χ2n) is 5.37. The molecule has 1 heterocycles. The number of benzene rings is 1. The van der Waals surface area contributed by atoms with Gasteiger partial charge in [0, 0.05) is 25.7 Å². The summed E-state index contributed by atoms with van der Waals surface area (Å²) < 4.78 is 12.4. The maximum Gasteiger partial charge on any atom is 0.332 e. The van der Waals surface area contributed by atoms with Crippen LogP contribution in [0.5, 0.6) is 11.5 Å². The van der Waals surface area contributed by atoms with Crippen LogP contribution < -0.4 is 31.8 Å². The third kappa shape index (κ3) is 3.46. The molecule has 0 fully saturated rings. The SMILES string of the molecule is COc1cccc(/C=C/C(=O)Nc2c(N)n(C)c(=O)n(C)c2=O)c1OC. The molecule has 3 N–H and O–H groups in total. The molecule has 0 radical (unpaired) electrons. The van der Waals surface area contributed by atoms with Gasteiger partial charge in [-0.25, -0.2) is 4.79 Å². The minimum Gasteiger partial charge on any atom is -0.493 e. The lowest BCUT2D eigenvalue weighted by Gasteiger charge is -2.11. The van der Waals surface area contributed by atoms with Crippen molar-refractivity contribution in [3.05, 3.63) is 50.7 Å². The Labute approximate surface area is 149 Å². The summed E-state index contributed by atoms with van der Waals surface area (Å²) in [4.78, 5) is 36.1. The van der Waals surface area contributed by atoms with Crippen molar-refractivity contribution in [1.29, 1.82) is 0 Å². The van der Waals surface area contributed by atoms with Gasteiger partial charge in [-0.05, 0) is 12.1 Å². The third-order valence-corrected chi connectivity index (χ3v) is 3.81. The lowest BCUT2D eigenvalue weighted by molar-refractivity contribution is -0.111. The number of methoxy groups -OCH3 is 2. The minimum absolute atomic E-state index is 0.126. The molecule has 2 rings (SSSR count). The first-order valence-electron chi connectivity index (χ1n) is 7.57. The van der Waals surface area contributed by atoms with Crippen LogP contribution in [0.1, 0.15) is 5.56 Å². The van der Waals surface area contributed by atoms with Gasteiger partial charge in [-0.3, -0.25) is 18.7 Å². The average Bonchev–Trinajstić information content (AvgIpc) is 2.65. The molecule has 0 saturated heterocycles. The molecule has 0 unspecified atom stereocenters. The number of rotatable bonds is 5. The predicted octanol–water partition coefficient (Wildman–Crippen LogP) is 0.335. The zero-order chi connectivity index (χ0) is 19.4. The van der Waals surface area contributed by atoms with Gasteiger partial charge in [-0.2, -0.15) is 0 Å². The fourth-order valence-corrected chi connectivity index (χ4v) is 2.35. The zero-order valence-electron chi connectivity index (χ0n) is 14.9. The second-order valence-corrected chi connectivity index (χ2v) is 5.37. The number of aromatic nitrogens is 2. The van der Waals surface area contributed by atoms with Gasteiger partial charge in [-0.1, -0.05) is 12.1 Å². The highest BCUT2D eigenvalue weighted by Gasteiger charge is 2.15. The van der Waals surface area contributed by atoms with Crippen molar-refractivity contribution in [1.82, 2.24) is 9.13 Å². The van der Waals surface area contributed by atoms with Crippen LogP contribution in [0.2, 0.25) is 0 Å². The average molecular weight is 360 g/mol. The van der Waals surface area contributed by atoms with E-state index in [0.29, 0.717) is 17.1 Å². The van der Waals surface area contributed by atoms with Gasteiger partial charge in [-0.15, -0.1) is 0 Å². The molecule has 0 spiro atoms. The molecule has 0 aliphatic rings. The van der Waals surface area contributed by atoms with E-state index in [2.05, 4.69) is 5.32 Å². The summed E-state index contributed by atoms with van der Waals surface area (Å²) >= 11 is 0. The van der Waals surface area contributed by atoms with Crippen molar-refractivity contribution >= 4 is 23.5 Å². The Balaban J connectivity index is 2.33. The smallest absolute Gasteiger partial charge is 0.332 e. The van der Waals surface area contributed by atoms with Crippen LogP contribution >= 0.6 is 0 Å². The topological polar surface area (TPSA) is 118 Å². The van der Waals surface area contributed by atoms with Crippen molar-refractivity contribution in [2.24, 2.45) is 14.1 Å². The van der Waals surface area contributed by atoms with Gasteiger partial charge in [0.25, 0.3) is 5.56 Å². The Kier molecular flexibility index (Phi) is 5.51. The van der Waals surface area contributed by atoms with Crippen LogP contribution in [-0.4, -0.2) is 29.3 Å². The van der Waals surface area contributed by atoms with Crippen molar-refractivity contribution in [2.75, 3.05) is 25.3 Å². The number of nitrogen functional groups attached to an aromatic ring is 1. The zero-order valence-corrected chi connectivity index (χ0v) is 14.9. The molecular formula is C17H20N4O5. The highest BCUT2D eigenvalue weighted by Crippen LogP contribution is 2.31. The van der Waals surface area contributed by atoms with Crippen LogP contribution in [0.4, 0.5) is 11.5 Å². The maximum atomic E-state index is 12.2. The third-order valence-electron chi connectivity index (χ3n) is 3.81. The highest BCUT2D eigenvalue weighted by atomic mass is 16.5. The van der Waals surface area contributed by atoms with Crippen LogP contribution in [0, 0.1) is 0 Å². The van der Waals surface area contributed by atoms with Crippen molar-refractivity contribution in [2.45, 2.75) is 0 Å². The Morgan fingerprint density at radius 2 is 1.85 bits per heavy atom. The van der Waals surface area contributed by atoms with E-state index in [1.54, 1.807) is 18.2 Å². The molecule has 9 heteroatoms. The van der Waals surface area contributed by atoms with E-state index in [9.17, 15) is 14.4 Å². The van der Waals surface area contributed by atoms with Gasteiger partial charge in [0.15, 0.2) is 11.5 Å². The van der Waals surface area contributed by atoms with E-state index in [1.165, 1.54) is 40.5 Å². The first kappa shape index (κ1) is 18.8. The van der Waals surface area contributed by atoms with E-state index in [-0.39, 0.29) is 11.5 Å². The molecule has 138 valence electrons. The number of hydrogen-bond donors (Lipinski definition) is 2. The monoisotopic (exact) mass is 360 g/mol. The Morgan fingerprint density at radius 3 is 2.46 bits per heavy atom. The summed E-state index contributed by atoms with van der Waals surface area (Å²) in [5.74, 6) is 0.277. The van der Waals surface area contributed by atoms with Crippen molar-refractivity contribution in [3.63, 3.8) is 0 Å². The molecule has 2 aromatic rings. The molecular weight excluding hydrogens is 340 g/mol. The van der Waals surface area contributed by atoms with Gasteiger partial charge < -0.3 is 20.5 Å². The number of nitrogens with one attached hydrogen (secondary N) is 1. The molecule has 0 aliphatic carbocycles. The summed E-state index contributed by atoms with van der Waals surface area (Å²) in [6.07, 6.45) is 2.74. The minimum atomic E-state index is -0.689. The summed E-state index contributed by atoms with van der Waals surface area (Å²) in [5, 5.41) is 2.41. The largest absolute Gasteiger partial charge is 0.493 e. The number of nitrogens with zero attached hydrogens (tertiary/aromatic N) is 2. The lowest BCUT2D eigenvalue weighted by atomic mass is 10.1. The Hall–Kier alpha value is -3.49. The van der Waals surface area contributed by atoms with Crippen LogP contribution in [0.25, 0.3) is 6.08 Å². The van der Waals surface area contributed by atoms with E-state index in [1.807, 2.05) is 0 Å². The van der Waals surface area contributed by atoms with E-state index in [0.717, 1.165) is 9.13 Å². The molecule has 1 amide bonds. The number of hydrogen-bond acceptors (Lipinski definition) is 6. The summed E-state index contributed by atoms with van der Waals surface area (Å²) in [5.41, 5.74) is 4.95. The fourth-order valence-electron chi connectivity index (χ4n) is 2.35. The number of anilines is 2. The lowest BCUT2D eigenvalue weighted by Crippen LogP contribution is -2.40. The van der Waals surface area contributed by atoms with E-state index >= 15 is 0 Å². The molecule has 1 aromatic heterocycles. The molecule has 0 atom stereocenters. The van der Waals surface area contributed by atoms with Gasteiger partial charge >= 0.3 is 5.69 Å². The van der Waals surface area contributed by atoms with Crippen LogP contribution in [0.3, 0.4) is 0 Å². The fraction of sp³-hybridized carbons (Fsp3) is 0.235. The molecule has 1 aromatic carbocycles. The molecule has 0 aliphatic heterocycles. The van der Waals surface area contributed by atoms with Crippen molar-refractivity contribution < 1.29 is 14.3 Å². The quantitative estimate of drug-likeness (QED) is 0.742. The maximum absolute atomic E-state index is 12.2. The number of amides is 1. The number of para-hydroxylation sites is 1. The van der Waals surface area contributed by atoms with Crippen LogP contribution in [-0.2, 0) is 18.9 Å². The van der Waals surface area contributed by atoms with E-state index < -0.39 is 17.2 Å². The normalized spacial score (nSPS) is 10.8. The Bertz CT molecular complexity index is 988. The Morgan fingerprint density at radius 1 is 1.15 bits per heavy atom. The molecule has 0 saturated carbocycles. The standard InChI is InChI=1S/C17H20N4O5/c1-20-15(18)13(16(23)21(2)17(20)24)19-12(22)9-8-10-6-5-7-11(25-3)14(10)26-4/h5-9H,18H2,1-4H3,(H,19,22)/b9-8+. The molecule has 0 bridgehead atoms. The number of nitrogens with two attached hydrogens (primary N) is 1. The number of ether oxygens (including phenoxy) is 2. The summed E-state index contributed by atoms with van der Waals surface area (Å²) in [6, 6.07) is 5.22. The molecule has 26 heavy (non-hydrogen) atoms. The number of carbonyl (C=O) groups excluding carboxylic acids is 1. The van der Waals surface area contributed by atoms with Gasteiger partial charge in [0.05, 0.1) is 14.2 Å². The second kappa shape index (κ2) is 7.60. The predicted molar refractivity (Wildman–Crippen MR) is 98.5 cm³/mol. The van der Waals surface area contributed by atoms with Crippen molar-refractivity contribution in [3.8, 4) is 11.5 Å². The summed E-state index contributed by atoms with van der Waals surface area (Å²) in [6.45, 7) is 0. The summed E-state index contributed by atoms with van der Waals surface area (Å²) in [7, 11) is 5.71. The first-order valence-corrected chi connectivity index (χ1v) is 7.57.